The van der Waals surface area contributed by atoms with Gasteiger partial charge in [0, 0.05) is 0 Å². The van der Waals surface area contributed by atoms with Crippen LogP contribution in [0.4, 0.5) is 0 Å². The second kappa shape index (κ2) is 5.12. The Morgan fingerprint density at radius 3 is 2.14 bits per heavy atom. The van der Waals surface area contributed by atoms with Crippen molar-refractivity contribution >= 4 is 33.4 Å². The molecule has 21 heavy (non-hydrogen) atoms. The molecule has 2 aromatic carbocycles. The van der Waals surface area contributed by atoms with Crippen LogP contribution in [0.2, 0.25) is 0 Å². The number of benzene rings is 2. The van der Waals surface area contributed by atoms with E-state index in [1.165, 1.54) is 23.1 Å². The zero-order valence-electron chi connectivity index (χ0n) is 10.8. The summed E-state index contributed by atoms with van der Waals surface area (Å²) in [6.45, 7) is 0. The van der Waals surface area contributed by atoms with Crippen molar-refractivity contribution in [2.75, 3.05) is 0 Å². The van der Waals surface area contributed by atoms with E-state index in [0.717, 1.165) is 11.0 Å². The molecule has 1 heterocycles. The van der Waals surface area contributed by atoms with Gasteiger partial charge in [0.2, 0.25) is 0 Å². The van der Waals surface area contributed by atoms with Gasteiger partial charge in [0.05, 0.1) is 6.20 Å². The average Bonchev–Trinajstić information content (AvgIpc) is 2.87. The van der Waals surface area contributed by atoms with Crippen molar-refractivity contribution in [3.63, 3.8) is 0 Å². The summed E-state index contributed by atoms with van der Waals surface area (Å²) in [6.07, 6.45) is 3.06. The smallest absolute Gasteiger partial charge is 0.282 e. The van der Waals surface area contributed by atoms with Gasteiger partial charge in [0.25, 0.3) is 10.1 Å². The molecule has 0 atom stereocenters. The molecule has 0 saturated heterocycles. The minimum absolute atomic E-state index is 0.155. The van der Waals surface area contributed by atoms with Crippen LogP contribution in [0.5, 0.6) is 0 Å². The molecule has 0 spiro atoms. The van der Waals surface area contributed by atoms with E-state index in [1.807, 2.05) is 24.3 Å². The summed E-state index contributed by atoms with van der Waals surface area (Å²) in [4.78, 5) is 1.20. The zero-order valence-corrected chi connectivity index (χ0v) is 11.6. The summed E-state index contributed by atoms with van der Waals surface area (Å²) in [5.41, 5.74) is 1.84. The molecule has 1 aromatic heterocycles. The minimum Gasteiger partial charge on any atom is -0.282 e. The lowest BCUT2D eigenvalue weighted by Gasteiger charge is -2.01. The predicted molar refractivity (Wildman–Crippen MR) is 79.0 cm³/mol. The van der Waals surface area contributed by atoms with Gasteiger partial charge in [-0.2, -0.15) is 13.2 Å². The molecule has 0 aliphatic heterocycles. The molecule has 3 aromatic rings. The summed E-state index contributed by atoms with van der Waals surface area (Å²) in [5, 5.41) is 8.45. The predicted octanol–water partition coefficient (Wildman–Crippen LogP) is 2.31. The van der Waals surface area contributed by atoms with Gasteiger partial charge in [-0.15, -0.1) is 10.2 Å². The van der Waals surface area contributed by atoms with Crippen LogP contribution in [0.25, 0.3) is 23.3 Å². The standard InChI is InChI=1S/C14H11N3O3S/c18-21(19,20)14-8-4-1-5-11(14)9-10-17-15-12-6-2-3-7-13(12)16-17/h1-10H,(H,18,19,20)/b10-9+. The quantitative estimate of drug-likeness (QED) is 0.750. The molecule has 0 aliphatic rings. The number of hydrogen-bond acceptors (Lipinski definition) is 4. The summed E-state index contributed by atoms with van der Waals surface area (Å²) in [5.74, 6) is 0. The van der Waals surface area contributed by atoms with Crippen LogP contribution in [0.15, 0.2) is 53.4 Å². The SMILES string of the molecule is O=S(=O)(O)c1ccccc1/C=C/n1nc2ccccc2n1. The topological polar surface area (TPSA) is 85.1 Å². The number of fused-ring (bicyclic) bond motifs is 1. The van der Waals surface area contributed by atoms with Crippen molar-refractivity contribution in [3.05, 3.63) is 54.1 Å². The summed E-state index contributed by atoms with van der Waals surface area (Å²) >= 11 is 0. The fourth-order valence-corrected chi connectivity index (χ4v) is 2.63. The Balaban J connectivity index is 2.00. The Morgan fingerprint density at radius 2 is 1.52 bits per heavy atom. The summed E-state index contributed by atoms with van der Waals surface area (Å²) in [7, 11) is -4.26. The van der Waals surface area contributed by atoms with Gasteiger partial charge in [0.15, 0.2) is 0 Å². The van der Waals surface area contributed by atoms with Crippen molar-refractivity contribution in [1.82, 2.24) is 15.0 Å². The summed E-state index contributed by atoms with van der Waals surface area (Å²) in [6, 6.07) is 13.5. The van der Waals surface area contributed by atoms with Crippen molar-refractivity contribution in [3.8, 4) is 0 Å². The van der Waals surface area contributed by atoms with E-state index in [2.05, 4.69) is 10.2 Å². The normalized spacial score (nSPS) is 12.2. The van der Waals surface area contributed by atoms with Gasteiger partial charge < -0.3 is 0 Å². The third-order valence-corrected chi connectivity index (χ3v) is 3.81. The van der Waals surface area contributed by atoms with E-state index in [4.69, 9.17) is 0 Å². The Kier molecular flexibility index (Phi) is 3.28. The number of rotatable bonds is 3. The maximum Gasteiger partial charge on any atom is 0.295 e. The molecule has 0 saturated carbocycles. The molecular formula is C14H11N3O3S. The highest BCUT2D eigenvalue weighted by atomic mass is 32.2. The average molecular weight is 301 g/mol. The van der Waals surface area contributed by atoms with E-state index in [-0.39, 0.29) is 4.90 Å². The highest BCUT2D eigenvalue weighted by molar-refractivity contribution is 7.85. The molecule has 0 bridgehead atoms. The van der Waals surface area contributed by atoms with Gasteiger partial charge in [-0.25, -0.2) is 0 Å². The van der Waals surface area contributed by atoms with Gasteiger partial charge in [-0.05, 0) is 29.8 Å². The third-order valence-electron chi connectivity index (χ3n) is 2.89. The van der Waals surface area contributed by atoms with Crippen LogP contribution < -0.4 is 0 Å². The van der Waals surface area contributed by atoms with E-state index in [9.17, 15) is 13.0 Å². The van der Waals surface area contributed by atoms with Crippen LogP contribution >= 0.6 is 0 Å². The first kappa shape index (κ1) is 13.5. The third kappa shape index (κ3) is 2.83. The second-order valence-corrected chi connectivity index (χ2v) is 5.73. The molecule has 7 heteroatoms. The Hall–Kier alpha value is -2.51. The van der Waals surface area contributed by atoms with E-state index in [0.29, 0.717) is 5.56 Å². The first-order valence-corrected chi connectivity index (χ1v) is 7.54. The molecule has 0 radical (unpaired) electrons. The van der Waals surface area contributed by atoms with Gasteiger partial charge in [0.1, 0.15) is 15.9 Å². The number of nitrogens with zero attached hydrogens (tertiary/aromatic N) is 3. The second-order valence-electron chi connectivity index (χ2n) is 4.34. The van der Waals surface area contributed by atoms with Crippen molar-refractivity contribution in [2.45, 2.75) is 4.90 Å². The van der Waals surface area contributed by atoms with Crippen LogP contribution in [0.1, 0.15) is 5.56 Å². The molecule has 0 unspecified atom stereocenters. The van der Waals surface area contributed by atoms with Gasteiger partial charge in [-0.3, -0.25) is 4.55 Å². The molecule has 0 amide bonds. The van der Waals surface area contributed by atoms with Gasteiger partial charge >= 0.3 is 0 Å². The van der Waals surface area contributed by atoms with Crippen LogP contribution in [-0.2, 0) is 10.1 Å². The molecule has 0 aliphatic carbocycles. The monoisotopic (exact) mass is 301 g/mol. The molecule has 1 N–H and O–H groups in total. The molecule has 106 valence electrons. The fraction of sp³-hybridized carbons (Fsp3) is 0. The molecule has 3 rings (SSSR count). The largest absolute Gasteiger partial charge is 0.295 e. The molecule has 0 fully saturated rings. The van der Waals surface area contributed by atoms with Crippen LogP contribution in [0, 0.1) is 0 Å². The van der Waals surface area contributed by atoms with Gasteiger partial charge in [-0.1, -0.05) is 30.3 Å². The maximum atomic E-state index is 11.3. The summed E-state index contributed by atoms with van der Waals surface area (Å²) < 4.78 is 31.8. The Bertz CT molecular complexity index is 896. The Morgan fingerprint density at radius 1 is 0.952 bits per heavy atom. The van der Waals surface area contributed by atoms with Crippen molar-refractivity contribution in [2.24, 2.45) is 0 Å². The zero-order chi connectivity index (χ0) is 14.9. The fourth-order valence-electron chi connectivity index (χ4n) is 1.94. The molecular weight excluding hydrogens is 290 g/mol. The first-order chi connectivity index (χ1) is 10.0. The lowest BCUT2D eigenvalue weighted by Crippen LogP contribution is -2.00. The lowest BCUT2D eigenvalue weighted by molar-refractivity contribution is 0.483. The number of aromatic nitrogens is 3. The Labute approximate surface area is 121 Å². The van der Waals surface area contributed by atoms with E-state index >= 15 is 0 Å². The highest BCUT2D eigenvalue weighted by Gasteiger charge is 2.12. The van der Waals surface area contributed by atoms with Crippen molar-refractivity contribution < 1.29 is 13.0 Å². The maximum absolute atomic E-state index is 11.3. The first-order valence-electron chi connectivity index (χ1n) is 6.10. The minimum atomic E-state index is -4.26. The van der Waals surface area contributed by atoms with Crippen LogP contribution in [0.3, 0.4) is 0 Å². The highest BCUT2D eigenvalue weighted by Crippen LogP contribution is 2.17. The van der Waals surface area contributed by atoms with E-state index in [1.54, 1.807) is 18.2 Å². The van der Waals surface area contributed by atoms with E-state index < -0.39 is 10.1 Å². The van der Waals surface area contributed by atoms with Crippen LogP contribution in [-0.4, -0.2) is 28.0 Å². The molecule has 6 nitrogen and oxygen atoms in total. The van der Waals surface area contributed by atoms with Crippen molar-refractivity contribution in [1.29, 1.82) is 0 Å². The number of hydrogen-bond donors (Lipinski definition) is 1. The lowest BCUT2D eigenvalue weighted by atomic mass is 10.2.